The SMILES string of the molecule is CC(C)(C)C1CCN(C2CCN(c3ccc(NS(C)(=O)=O)cc3)CC2)C1. The van der Waals surface area contributed by atoms with Crippen LogP contribution >= 0.6 is 0 Å². The monoisotopic (exact) mass is 379 g/mol. The minimum atomic E-state index is -3.22. The van der Waals surface area contributed by atoms with Crippen molar-refractivity contribution in [2.24, 2.45) is 11.3 Å². The maximum atomic E-state index is 11.3. The van der Waals surface area contributed by atoms with Crippen LogP contribution in [0.1, 0.15) is 40.0 Å². The fourth-order valence-electron chi connectivity index (χ4n) is 4.27. The van der Waals surface area contributed by atoms with Crippen molar-refractivity contribution in [2.45, 2.75) is 46.1 Å². The van der Waals surface area contributed by atoms with E-state index in [4.69, 9.17) is 0 Å². The maximum absolute atomic E-state index is 11.3. The lowest BCUT2D eigenvalue weighted by atomic mass is 9.80. The van der Waals surface area contributed by atoms with Gasteiger partial charge in [0.25, 0.3) is 0 Å². The molecule has 0 aromatic heterocycles. The molecule has 26 heavy (non-hydrogen) atoms. The van der Waals surface area contributed by atoms with E-state index >= 15 is 0 Å². The first-order valence-corrected chi connectivity index (χ1v) is 11.6. The number of hydrogen-bond acceptors (Lipinski definition) is 4. The Morgan fingerprint density at radius 3 is 2.12 bits per heavy atom. The Hall–Kier alpha value is -1.27. The molecule has 2 heterocycles. The van der Waals surface area contributed by atoms with Crippen LogP contribution in [0.25, 0.3) is 0 Å². The molecule has 2 aliphatic heterocycles. The van der Waals surface area contributed by atoms with E-state index in [1.54, 1.807) is 0 Å². The lowest BCUT2D eigenvalue weighted by Crippen LogP contribution is -2.44. The van der Waals surface area contributed by atoms with E-state index in [0.29, 0.717) is 17.1 Å². The Balaban J connectivity index is 1.53. The second-order valence-electron chi connectivity index (χ2n) is 8.99. The van der Waals surface area contributed by atoms with E-state index < -0.39 is 10.0 Å². The number of nitrogens with one attached hydrogen (secondary N) is 1. The van der Waals surface area contributed by atoms with Crippen LogP contribution in [0.5, 0.6) is 0 Å². The molecule has 3 rings (SSSR count). The van der Waals surface area contributed by atoms with Crippen molar-refractivity contribution < 1.29 is 8.42 Å². The molecule has 0 amide bonds. The quantitative estimate of drug-likeness (QED) is 0.871. The normalized spacial score (nSPS) is 23.4. The Morgan fingerprint density at radius 1 is 1.00 bits per heavy atom. The van der Waals surface area contributed by atoms with Crippen LogP contribution in [0, 0.1) is 11.3 Å². The Labute approximate surface area is 158 Å². The second kappa shape index (κ2) is 7.39. The summed E-state index contributed by atoms with van der Waals surface area (Å²) in [7, 11) is -3.22. The van der Waals surface area contributed by atoms with Crippen molar-refractivity contribution in [1.82, 2.24) is 4.90 Å². The van der Waals surface area contributed by atoms with Crippen molar-refractivity contribution in [3.8, 4) is 0 Å². The van der Waals surface area contributed by atoms with E-state index in [9.17, 15) is 8.42 Å². The van der Waals surface area contributed by atoms with Gasteiger partial charge in [0.2, 0.25) is 10.0 Å². The summed E-state index contributed by atoms with van der Waals surface area (Å²) < 4.78 is 25.1. The van der Waals surface area contributed by atoms with Crippen LogP contribution in [0.2, 0.25) is 0 Å². The molecule has 0 spiro atoms. The van der Waals surface area contributed by atoms with Gasteiger partial charge in [-0.05, 0) is 61.4 Å². The van der Waals surface area contributed by atoms with Gasteiger partial charge in [-0.25, -0.2) is 8.42 Å². The highest BCUT2D eigenvalue weighted by Crippen LogP contribution is 2.36. The molecule has 0 radical (unpaired) electrons. The third-order valence-electron chi connectivity index (χ3n) is 5.96. The Kier molecular flexibility index (Phi) is 5.54. The molecule has 1 N–H and O–H groups in total. The molecule has 5 nitrogen and oxygen atoms in total. The summed E-state index contributed by atoms with van der Waals surface area (Å²) in [6, 6.07) is 8.43. The van der Waals surface area contributed by atoms with Gasteiger partial charge in [-0.3, -0.25) is 9.62 Å². The lowest BCUT2D eigenvalue weighted by molar-refractivity contribution is 0.174. The van der Waals surface area contributed by atoms with Gasteiger partial charge >= 0.3 is 0 Å². The summed E-state index contributed by atoms with van der Waals surface area (Å²) in [6.07, 6.45) is 4.92. The number of benzene rings is 1. The number of piperidine rings is 1. The second-order valence-corrected chi connectivity index (χ2v) is 10.7. The average molecular weight is 380 g/mol. The van der Waals surface area contributed by atoms with E-state index in [1.165, 1.54) is 44.3 Å². The van der Waals surface area contributed by atoms with Crippen LogP contribution in [0.15, 0.2) is 24.3 Å². The molecular weight excluding hydrogens is 346 g/mol. The molecule has 0 bridgehead atoms. The lowest BCUT2D eigenvalue weighted by Gasteiger charge is -2.38. The average Bonchev–Trinajstić information content (AvgIpc) is 3.05. The van der Waals surface area contributed by atoms with Crippen LogP contribution < -0.4 is 9.62 Å². The van der Waals surface area contributed by atoms with Gasteiger partial charge in [0, 0.05) is 37.1 Å². The highest BCUT2D eigenvalue weighted by Gasteiger charge is 2.35. The zero-order valence-electron chi connectivity index (χ0n) is 16.5. The largest absolute Gasteiger partial charge is 0.371 e. The highest BCUT2D eigenvalue weighted by molar-refractivity contribution is 7.92. The summed E-state index contributed by atoms with van der Waals surface area (Å²) in [5.74, 6) is 0.815. The molecule has 2 saturated heterocycles. The van der Waals surface area contributed by atoms with Crippen LogP contribution in [0.3, 0.4) is 0 Å². The van der Waals surface area contributed by atoms with E-state index in [-0.39, 0.29) is 0 Å². The fraction of sp³-hybridized carbons (Fsp3) is 0.700. The van der Waals surface area contributed by atoms with Crippen molar-refractivity contribution >= 4 is 21.4 Å². The number of sulfonamides is 1. The van der Waals surface area contributed by atoms with Crippen molar-refractivity contribution in [3.63, 3.8) is 0 Å². The van der Waals surface area contributed by atoms with Crippen molar-refractivity contribution in [1.29, 1.82) is 0 Å². The topological polar surface area (TPSA) is 52.6 Å². The van der Waals surface area contributed by atoms with Crippen LogP contribution in [0.4, 0.5) is 11.4 Å². The maximum Gasteiger partial charge on any atom is 0.229 e. The molecule has 1 atom stereocenters. The van der Waals surface area contributed by atoms with Gasteiger partial charge in [0.05, 0.1) is 6.26 Å². The van der Waals surface area contributed by atoms with Crippen LogP contribution in [-0.2, 0) is 10.0 Å². The van der Waals surface area contributed by atoms with Crippen molar-refractivity contribution in [3.05, 3.63) is 24.3 Å². The molecule has 0 saturated carbocycles. The molecule has 1 aromatic rings. The number of rotatable bonds is 4. The first-order valence-electron chi connectivity index (χ1n) is 9.69. The summed E-state index contributed by atoms with van der Waals surface area (Å²) in [5, 5.41) is 0. The number of nitrogens with zero attached hydrogens (tertiary/aromatic N) is 2. The number of hydrogen-bond donors (Lipinski definition) is 1. The zero-order chi connectivity index (χ0) is 18.9. The number of likely N-dealkylation sites (tertiary alicyclic amines) is 1. The van der Waals surface area contributed by atoms with E-state index in [0.717, 1.165) is 19.0 Å². The van der Waals surface area contributed by atoms with E-state index in [1.807, 2.05) is 24.3 Å². The Bertz CT molecular complexity index is 702. The molecule has 0 aliphatic carbocycles. The summed E-state index contributed by atoms with van der Waals surface area (Å²) in [5.41, 5.74) is 2.21. The summed E-state index contributed by atoms with van der Waals surface area (Å²) >= 11 is 0. The fourth-order valence-corrected chi connectivity index (χ4v) is 4.83. The zero-order valence-corrected chi connectivity index (χ0v) is 17.3. The van der Waals surface area contributed by atoms with E-state index in [2.05, 4.69) is 35.3 Å². The standard InChI is InChI=1S/C20H33N3O2S/c1-20(2,3)16-9-12-23(15-16)19-10-13-22(14-11-19)18-7-5-17(6-8-18)21-26(4,24)25/h5-8,16,19,21H,9-15H2,1-4H3. The van der Waals surface area contributed by atoms with Gasteiger partial charge in [0.1, 0.15) is 0 Å². The third kappa shape index (κ3) is 4.92. The molecule has 6 heteroatoms. The summed E-state index contributed by atoms with van der Waals surface area (Å²) in [4.78, 5) is 5.13. The minimum absolute atomic E-state index is 0.414. The molecule has 146 valence electrons. The molecule has 1 aromatic carbocycles. The van der Waals surface area contributed by atoms with Crippen LogP contribution in [-0.4, -0.2) is 51.8 Å². The first kappa shape index (κ1) is 19.5. The molecule has 2 aliphatic rings. The van der Waals surface area contributed by atoms with Gasteiger partial charge in [0.15, 0.2) is 0 Å². The van der Waals surface area contributed by atoms with Crippen molar-refractivity contribution in [2.75, 3.05) is 42.1 Å². The van der Waals surface area contributed by atoms with Gasteiger partial charge in [-0.1, -0.05) is 20.8 Å². The first-order chi connectivity index (χ1) is 12.1. The predicted octanol–water partition coefficient (Wildman–Crippen LogP) is 3.39. The number of anilines is 2. The Morgan fingerprint density at radius 2 is 1.62 bits per heavy atom. The molecule has 1 unspecified atom stereocenters. The third-order valence-corrected chi connectivity index (χ3v) is 6.57. The van der Waals surface area contributed by atoms with Gasteiger partial charge in [-0.2, -0.15) is 0 Å². The minimum Gasteiger partial charge on any atom is -0.371 e. The van der Waals surface area contributed by atoms with Gasteiger partial charge in [-0.15, -0.1) is 0 Å². The van der Waals surface area contributed by atoms with Gasteiger partial charge < -0.3 is 4.90 Å². The molecule has 2 fully saturated rings. The smallest absolute Gasteiger partial charge is 0.229 e. The highest BCUT2D eigenvalue weighted by atomic mass is 32.2. The summed E-state index contributed by atoms with van der Waals surface area (Å²) in [6.45, 7) is 11.7. The molecular formula is C20H33N3O2S. The predicted molar refractivity (Wildman–Crippen MR) is 109 cm³/mol.